The average Bonchev–Trinajstić information content (AvgIpc) is 3.36. The minimum Gasteiger partial charge on any atom is -0.540 e. The zero-order valence-electron chi connectivity index (χ0n) is 24.2. The molecule has 0 saturated heterocycles. The molecule has 0 heterocycles. The molecule has 0 unspecified atom stereocenters. The molecule has 0 atom stereocenters. The Morgan fingerprint density at radius 1 is 0.500 bits per heavy atom. The summed E-state index contributed by atoms with van der Waals surface area (Å²) in [6.45, 7) is 10.5. The van der Waals surface area contributed by atoms with Crippen molar-refractivity contribution in [1.82, 2.24) is 0 Å². The molecule has 1 nitrogen and oxygen atoms in total. The molecular weight excluding hydrogens is 618 g/mol. The smallest absolute Gasteiger partial charge is 0.258 e. The van der Waals surface area contributed by atoms with E-state index in [4.69, 9.17) is 4.43 Å². The number of fused-ring (bicyclic) bond motifs is 4. The molecule has 0 aromatic heterocycles. The van der Waals surface area contributed by atoms with Crippen molar-refractivity contribution in [3.8, 4) is 28.0 Å². The summed E-state index contributed by atoms with van der Waals surface area (Å²) in [6, 6.07) is 3.34. The lowest BCUT2D eigenvalue weighted by molar-refractivity contribution is 0.402. The van der Waals surface area contributed by atoms with Crippen LogP contribution in [0.4, 0.5) is 43.9 Å². The van der Waals surface area contributed by atoms with Gasteiger partial charge in [0.1, 0.15) is 5.82 Å². The van der Waals surface area contributed by atoms with Crippen LogP contribution in [-0.4, -0.2) is 8.32 Å². The fourth-order valence-electron chi connectivity index (χ4n) is 6.72. The van der Waals surface area contributed by atoms with Gasteiger partial charge in [-0.15, -0.1) is 0 Å². The first kappa shape index (κ1) is 31.9. The minimum absolute atomic E-state index is 0.140. The molecule has 4 aromatic carbocycles. The SMILES string of the molecule is CC(C)[Si](Oc1c(F)c(F)c(F)c2c(F)c(F)c(-c3cccc4c3-c3c(F)c(F)c(F)c(F)c3[CH]4)c(F)c12)(C(C)C)C(C)C. The van der Waals surface area contributed by atoms with Gasteiger partial charge in [-0.05, 0) is 33.3 Å². The van der Waals surface area contributed by atoms with Crippen molar-refractivity contribution in [2.75, 3.05) is 0 Å². The molecular formula is C32H25F10OSi. The molecule has 0 aliphatic heterocycles. The monoisotopic (exact) mass is 643 g/mol. The van der Waals surface area contributed by atoms with E-state index in [1.54, 1.807) is 41.5 Å². The summed E-state index contributed by atoms with van der Waals surface area (Å²) in [5, 5.41) is -2.80. The minimum atomic E-state index is -3.28. The van der Waals surface area contributed by atoms with E-state index < -0.39 is 111 Å². The Bertz CT molecular complexity index is 1840. The van der Waals surface area contributed by atoms with Gasteiger partial charge in [0.05, 0.1) is 16.3 Å². The summed E-state index contributed by atoms with van der Waals surface area (Å²) in [5.41, 5.74) is -5.23. The number of hydrogen-bond donors (Lipinski definition) is 0. The van der Waals surface area contributed by atoms with Crippen LogP contribution in [-0.2, 0) is 0 Å². The maximum atomic E-state index is 16.7. The summed E-state index contributed by atoms with van der Waals surface area (Å²) >= 11 is 0. The molecule has 0 N–H and O–H groups in total. The quantitative estimate of drug-likeness (QED) is 0.0774. The molecule has 0 saturated carbocycles. The van der Waals surface area contributed by atoms with Crippen LogP contribution in [0.25, 0.3) is 33.0 Å². The van der Waals surface area contributed by atoms with Gasteiger partial charge in [0.25, 0.3) is 8.32 Å². The van der Waals surface area contributed by atoms with Gasteiger partial charge in [-0.3, -0.25) is 0 Å². The highest BCUT2D eigenvalue weighted by atomic mass is 28.4. The van der Waals surface area contributed by atoms with Gasteiger partial charge in [-0.1, -0.05) is 59.7 Å². The first-order valence-electron chi connectivity index (χ1n) is 13.7. The summed E-state index contributed by atoms with van der Waals surface area (Å²) in [4.78, 5) is 0. The van der Waals surface area contributed by atoms with E-state index in [0.29, 0.717) is 0 Å². The third kappa shape index (κ3) is 4.19. The summed E-state index contributed by atoms with van der Waals surface area (Å²) < 4.78 is 158. The second-order valence-corrected chi connectivity index (χ2v) is 17.1. The number of rotatable bonds is 6. The first-order valence-corrected chi connectivity index (χ1v) is 15.8. The molecule has 1 aliphatic rings. The van der Waals surface area contributed by atoms with Gasteiger partial charge in [0, 0.05) is 17.5 Å². The van der Waals surface area contributed by atoms with Gasteiger partial charge in [0.2, 0.25) is 5.82 Å². The topological polar surface area (TPSA) is 9.23 Å². The standard InChI is InChI=1S/C32H25F10OSi/c1-11(2)44(12(3)4,13(5)6)43-32-21-20(27(38)30(41)31(32)42)26(37)25(36)19(23(21)34)15-9-7-8-14-10-16-18(17(14)15)24(35)29(40)28(39)22(16)33/h7-13H,1-6H3. The predicted octanol–water partition coefficient (Wildman–Crippen LogP) is 11.0. The Hall–Kier alpha value is -3.54. The van der Waals surface area contributed by atoms with E-state index in [2.05, 4.69) is 0 Å². The predicted molar refractivity (Wildman–Crippen MR) is 149 cm³/mol. The van der Waals surface area contributed by atoms with Crippen LogP contribution in [0.3, 0.4) is 0 Å². The van der Waals surface area contributed by atoms with Crippen molar-refractivity contribution in [3.05, 3.63) is 93.9 Å². The zero-order valence-corrected chi connectivity index (χ0v) is 25.2. The molecule has 4 aromatic rings. The molecule has 0 bridgehead atoms. The van der Waals surface area contributed by atoms with Crippen molar-refractivity contribution in [2.24, 2.45) is 0 Å². The zero-order chi connectivity index (χ0) is 32.7. The normalized spacial score (nSPS) is 13.1. The van der Waals surface area contributed by atoms with Crippen LogP contribution in [0.15, 0.2) is 18.2 Å². The molecule has 1 radical (unpaired) electrons. The Balaban J connectivity index is 1.93. The van der Waals surface area contributed by atoms with Crippen molar-refractivity contribution in [3.63, 3.8) is 0 Å². The molecule has 44 heavy (non-hydrogen) atoms. The number of benzene rings is 4. The highest BCUT2D eigenvalue weighted by Gasteiger charge is 2.48. The van der Waals surface area contributed by atoms with Crippen molar-refractivity contribution in [1.29, 1.82) is 0 Å². The lowest BCUT2D eigenvalue weighted by atomic mass is 9.91. The van der Waals surface area contributed by atoms with Crippen LogP contribution in [0.5, 0.6) is 5.75 Å². The van der Waals surface area contributed by atoms with Crippen LogP contribution in [0.1, 0.15) is 52.7 Å². The lowest BCUT2D eigenvalue weighted by Gasteiger charge is -2.42. The fraction of sp³-hybridized carbons (Fsp3) is 0.281. The van der Waals surface area contributed by atoms with Gasteiger partial charge < -0.3 is 4.43 Å². The Labute approximate surface area is 247 Å². The molecule has 0 fully saturated rings. The molecule has 0 amide bonds. The van der Waals surface area contributed by atoms with E-state index in [1.165, 1.54) is 6.07 Å². The van der Waals surface area contributed by atoms with Crippen LogP contribution < -0.4 is 4.43 Å². The van der Waals surface area contributed by atoms with Crippen molar-refractivity contribution in [2.45, 2.75) is 58.2 Å². The second-order valence-electron chi connectivity index (χ2n) is 11.7. The Morgan fingerprint density at radius 3 is 1.57 bits per heavy atom. The van der Waals surface area contributed by atoms with E-state index in [1.807, 2.05) is 0 Å². The Morgan fingerprint density at radius 2 is 1.00 bits per heavy atom. The molecule has 0 spiro atoms. The summed E-state index contributed by atoms with van der Waals surface area (Å²) in [5.74, 6) is -21.5. The maximum absolute atomic E-state index is 16.7. The largest absolute Gasteiger partial charge is 0.540 e. The highest BCUT2D eigenvalue weighted by Crippen LogP contribution is 2.52. The van der Waals surface area contributed by atoms with Crippen LogP contribution >= 0.6 is 0 Å². The summed E-state index contributed by atoms with van der Waals surface area (Å²) in [7, 11) is -3.28. The van der Waals surface area contributed by atoms with Gasteiger partial charge in [-0.2, -0.15) is 4.39 Å². The van der Waals surface area contributed by atoms with E-state index in [-0.39, 0.29) is 22.2 Å². The highest BCUT2D eigenvalue weighted by molar-refractivity contribution is 6.78. The van der Waals surface area contributed by atoms with Crippen LogP contribution in [0.2, 0.25) is 16.6 Å². The van der Waals surface area contributed by atoms with E-state index in [0.717, 1.165) is 18.6 Å². The fourth-order valence-corrected chi connectivity index (χ4v) is 12.0. The van der Waals surface area contributed by atoms with Crippen molar-refractivity contribution >= 4 is 19.1 Å². The molecule has 233 valence electrons. The van der Waals surface area contributed by atoms with Gasteiger partial charge in [-0.25, -0.2) is 39.5 Å². The van der Waals surface area contributed by atoms with Gasteiger partial charge in [0.15, 0.2) is 52.3 Å². The Kier molecular flexibility index (Phi) is 7.83. The number of halogens is 10. The average molecular weight is 644 g/mol. The van der Waals surface area contributed by atoms with Gasteiger partial charge >= 0.3 is 0 Å². The molecule has 5 rings (SSSR count). The van der Waals surface area contributed by atoms with Crippen LogP contribution in [0, 0.1) is 64.6 Å². The third-order valence-electron chi connectivity index (χ3n) is 8.56. The molecule has 1 aliphatic carbocycles. The van der Waals surface area contributed by atoms with E-state index in [9.17, 15) is 17.6 Å². The van der Waals surface area contributed by atoms with E-state index >= 15 is 26.3 Å². The third-order valence-corrected chi connectivity index (χ3v) is 14.5. The lowest BCUT2D eigenvalue weighted by Crippen LogP contribution is -2.51. The number of hydrogen-bond acceptors (Lipinski definition) is 1. The first-order chi connectivity index (χ1) is 20.5. The van der Waals surface area contributed by atoms with Crippen molar-refractivity contribution < 1.29 is 48.3 Å². The molecule has 12 heteroatoms. The second kappa shape index (κ2) is 10.8. The summed E-state index contributed by atoms with van der Waals surface area (Å²) in [6.07, 6.45) is 0.902. The maximum Gasteiger partial charge on any atom is 0.258 e.